The predicted molar refractivity (Wildman–Crippen MR) is 97.9 cm³/mol. The molecule has 0 unspecified atom stereocenters. The Balaban J connectivity index is 1.72. The van der Waals surface area contributed by atoms with Gasteiger partial charge in [-0.1, -0.05) is 41.9 Å². The van der Waals surface area contributed by atoms with Crippen LogP contribution in [0.1, 0.15) is 29.0 Å². The van der Waals surface area contributed by atoms with Crippen molar-refractivity contribution in [1.29, 1.82) is 0 Å². The number of carbonyl (C=O) groups is 1. The van der Waals surface area contributed by atoms with Gasteiger partial charge >= 0.3 is 0 Å². The largest absolute Gasteiger partial charge is 0.497 e. The minimum atomic E-state index is -0.228. The van der Waals surface area contributed by atoms with Gasteiger partial charge in [0.2, 0.25) is 0 Å². The van der Waals surface area contributed by atoms with Gasteiger partial charge in [0, 0.05) is 5.56 Å². The van der Waals surface area contributed by atoms with Crippen molar-refractivity contribution in [3.8, 4) is 17.0 Å². The van der Waals surface area contributed by atoms with E-state index in [-0.39, 0.29) is 11.9 Å². The maximum absolute atomic E-state index is 12.4. The van der Waals surface area contributed by atoms with Crippen LogP contribution in [0.3, 0.4) is 0 Å². The third-order valence-corrected chi connectivity index (χ3v) is 4.27. The van der Waals surface area contributed by atoms with Crippen LogP contribution >= 0.6 is 11.6 Å². The Labute approximate surface area is 151 Å². The van der Waals surface area contributed by atoms with Crippen LogP contribution in [-0.4, -0.2) is 23.2 Å². The van der Waals surface area contributed by atoms with Gasteiger partial charge in [-0.05, 0) is 36.8 Å². The van der Waals surface area contributed by atoms with E-state index in [0.717, 1.165) is 16.9 Å². The summed E-state index contributed by atoms with van der Waals surface area (Å²) in [7, 11) is 1.62. The number of H-pyrrole nitrogens is 1. The monoisotopic (exact) mass is 355 g/mol. The van der Waals surface area contributed by atoms with Crippen molar-refractivity contribution >= 4 is 17.5 Å². The molecule has 0 saturated heterocycles. The first-order valence-corrected chi connectivity index (χ1v) is 8.21. The van der Waals surface area contributed by atoms with Gasteiger partial charge in [-0.15, -0.1) is 0 Å². The standard InChI is InChI=1S/C19H18ClN3O2/c1-12(13-7-9-14(25-2)10-8-13)21-19(24)18-11-17(22-23-18)15-5-3-4-6-16(15)20/h3-12H,1-2H3,(H,21,24)(H,22,23)/t12-/m0/s1. The summed E-state index contributed by atoms with van der Waals surface area (Å²) in [5.74, 6) is 0.550. The number of rotatable bonds is 5. The van der Waals surface area contributed by atoms with Crippen molar-refractivity contribution in [3.63, 3.8) is 0 Å². The summed E-state index contributed by atoms with van der Waals surface area (Å²) in [6.07, 6.45) is 0. The number of hydrogen-bond donors (Lipinski definition) is 2. The number of aromatic nitrogens is 2. The van der Waals surface area contributed by atoms with E-state index < -0.39 is 0 Å². The Kier molecular flexibility index (Phi) is 5.05. The molecule has 0 bridgehead atoms. The van der Waals surface area contributed by atoms with Crippen LogP contribution < -0.4 is 10.1 Å². The van der Waals surface area contributed by atoms with Gasteiger partial charge in [0.25, 0.3) is 5.91 Å². The van der Waals surface area contributed by atoms with Gasteiger partial charge in [-0.2, -0.15) is 5.10 Å². The van der Waals surface area contributed by atoms with Crippen molar-refractivity contribution in [1.82, 2.24) is 15.5 Å². The molecule has 0 aliphatic carbocycles. The Morgan fingerprint density at radius 1 is 1.20 bits per heavy atom. The van der Waals surface area contributed by atoms with Gasteiger partial charge in [0.15, 0.2) is 0 Å². The minimum absolute atomic E-state index is 0.148. The summed E-state index contributed by atoms with van der Waals surface area (Å²) in [6, 6.07) is 16.5. The number of methoxy groups -OCH3 is 1. The topological polar surface area (TPSA) is 67.0 Å². The highest BCUT2D eigenvalue weighted by Crippen LogP contribution is 2.26. The zero-order valence-electron chi connectivity index (χ0n) is 13.9. The van der Waals surface area contributed by atoms with E-state index in [0.29, 0.717) is 16.4 Å². The second-order valence-electron chi connectivity index (χ2n) is 5.62. The van der Waals surface area contributed by atoms with Crippen LogP contribution in [0.2, 0.25) is 5.02 Å². The zero-order chi connectivity index (χ0) is 17.8. The third-order valence-electron chi connectivity index (χ3n) is 3.94. The van der Waals surface area contributed by atoms with Gasteiger partial charge in [-0.3, -0.25) is 9.89 Å². The second kappa shape index (κ2) is 7.40. The number of benzene rings is 2. The number of nitrogens with zero attached hydrogens (tertiary/aromatic N) is 1. The van der Waals surface area contributed by atoms with Crippen LogP contribution in [0.5, 0.6) is 5.75 Å². The third kappa shape index (κ3) is 3.83. The average Bonchev–Trinajstić information content (AvgIpc) is 3.12. The van der Waals surface area contributed by atoms with Crippen molar-refractivity contribution in [2.45, 2.75) is 13.0 Å². The molecule has 2 N–H and O–H groups in total. The quantitative estimate of drug-likeness (QED) is 0.719. The molecule has 1 amide bonds. The number of aromatic amines is 1. The summed E-state index contributed by atoms with van der Waals surface area (Å²) in [6.45, 7) is 1.92. The fraction of sp³-hybridized carbons (Fsp3) is 0.158. The van der Waals surface area contributed by atoms with Crippen molar-refractivity contribution < 1.29 is 9.53 Å². The number of hydrogen-bond acceptors (Lipinski definition) is 3. The SMILES string of the molecule is COc1ccc([C@H](C)NC(=O)c2cc(-c3ccccc3Cl)n[nH]2)cc1. The molecule has 1 aromatic heterocycles. The molecule has 1 atom stereocenters. The summed E-state index contributed by atoms with van der Waals surface area (Å²) in [4.78, 5) is 12.4. The first kappa shape index (κ1) is 17.0. The predicted octanol–water partition coefficient (Wildman–Crippen LogP) is 4.23. The van der Waals surface area contributed by atoms with E-state index >= 15 is 0 Å². The number of amides is 1. The molecule has 3 aromatic rings. The van der Waals surface area contributed by atoms with E-state index in [1.54, 1.807) is 19.2 Å². The lowest BCUT2D eigenvalue weighted by atomic mass is 10.1. The molecule has 6 heteroatoms. The molecule has 0 aliphatic heterocycles. The molecular formula is C19H18ClN3O2. The average molecular weight is 356 g/mol. The van der Waals surface area contributed by atoms with Gasteiger partial charge in [0.1, 0.15) is 11.4 Å². The molecule has 2 aromatic carbocycles. The van der Waals surface area contributed by atoms with Crippen LogP contribution in [0.25, 0.3) is 11.3 Å². The highest BCUT2D eigenvalue weighted by molar-refractivity contribution is 6.33. The number of ether oxygens (including phenoxy) is 1. The van der Waals surface area contributed by atoms with Gasteiger partial charge < -0.3 is 10.1 Å². The van der Waals surface area contributed by atoms with Gasteiger partial charge in [0.05, 0.1) is 23.9 Å². The fourth-order valence-electron chi connectivity index (χ4n) is 2.50. The lowest BCUT2D eigenvalue weighted by Gasteiger charge is -2.14. The molecule has 1 heterocycles. The molecular weight excluding hydrogens is 338 g/mol. The summed E-state index contributed by atoms with van der Waals surface area (Å²) >= 11 is 6.17. The lowest BCUT2D eigenvalue weighted by Crippen LogP contribution is -2.26. The lowest BCUT2D eigenvalue weighted by molar-refractivity contribution is 0.0935. The number of halogens is 1. The Bertz CT molecular complexity index is 874. The fourth-order valence-corrected chi connectivity index (χ4v) is 2.73. The van der Waals surface area contributed by atoms with E-state index in [2.05, 4.69) is 15.5 Å². The molecule has 5 nitrogen and oxygen atoms in total. The van der Waals surface area contributed by atoms with Crippen LogP contribution in [-0.2, 0) is 0 Å². The van der Waals surface area contributed by atoms with Crippen LogP contribution in [0.15, 0.2) is 54.6 Å². The molecule has 0 spiro atoms. The Morgan fingerprint density at radius 3 is 2.60 bits per heavy atom. The first-order valence-electron chi connectivity index (χ1n) is 7.83. The molecule has 128 valence electrons. The maximum atomic E-state index is 12.4. The number of carbonyl (C=O) groups excluding carboxylic acids is 1. The highest BCUT2D eigenvalue weighted by Gasteiger charge is 2.15. The van der Waals surface area contributed by atoms with Gasteiger partial charge in [-0.25, -0.2) is 0 Å². The van der Waals surface area contributed by atoms with E-state index in [9.17, 15) is 4.79 Å². The molecule has 3 rings (SSSR count). The minimum Gasteiger partial charge on any atom is -0.497 e. The van der Waals surface area contributed by atoms with E-state index in [4.69, 9.17) is 16.3 Å². The molecule has 0 fully saturated rings. The molecule has 0 radical (unpaired) electrons. The Morgan fingerprint density at radius 2 is 1.92 bits per heavy atom. The summed E-state index contributed by atoms with van der Waals surface area (Å²) < 4.78 is 5.14. The normalized spacial score (nSPS) is 11.8. The summed E-state index contributed by atoms with van der Waals surface area (Å²) in [5, 5.41) is 10.5. The molecule has 25 heavy (non-hydrogen) atoms. The smallest absolute Gasteiger partial charge is 0.269 e. The Hall–Kier alpha value is -2.79. The van der Waals surface area contributed by atoms with Crippen molar-refractivity contribution in [2.24, 2.45) is 0 Å². The highest BCUT2D eigenvalue weighted by atomic mass is 35.5. The maximum Gasteiger partial charge on any atom is 0.269 e. The van der Waals surface area contributed by atoms with Crippen molar-refractivity contribution in [2.75, 3.05) is 7.11 Å². The summed E-state index contributed by atoms with van der Waals surface area (Å²) in [5.41, 5.74) is 2.78. The molecule has 0 aliphatic rings. The zero-order valence-corrected chi connectivity index (χ0v) is 14.7. The van der Waals surface area contributed by atoms with Crippen LogP contribution in [0.4, 0.5) is 0 Å². The second-order valence-corrected chi connectivity index (χ2v) is 6.02. The first-order chi connectivity index (χ1) is 12.1. The van der Waals surface area contributed by atoms with Crippen molar-refractivity contribution in [3.05, 3.63) is 70.9 Å². The molecule has 0 saturated carbocycles. The van der Waals surface area contributed by atoms with E-state index in [1.807, 2.05) is 49.4 Å². The van der Waals surface area contributed by atoms with E-state index in [1.165, 1.54) is 0 Å². The number of nitrogens with one attached hydrogen (secondary N) is 2. The van der Waals surface area contributed by atoms with Crippen LogP contribution in [0, 0.1) is 0 Å².